The second-order valence-electron chi connectivity index (χ2n) is 3.89. The van der Waals surface area contributed by atoms with E-state index in [1.807, 2.05) is 0 Å². The molecule has 2 N–H and O–H groups in total. The molecule has 0 spiro atoms. The van der Waals surface area contributed by atoms with Gasteiger partial charge in [0, 0.05) is 19.1 Å². The van der Waals surface area contributed by atoms with Crippen molar-refractivity contribution in [1.82, 2.24) is 4.90 Å². The topological polar surface area (TPSA) is 89.7 Å². The van der Waals surface area contributed by atoms with Crippen LogP contribution in [0, 0.1) is 0 Å². The lowest BCUT2D eigenvalue weighted by Gasteiger charge is -2.33. The molecule has 6 nitrogen and oxygen atoms in total. The lowest BCUT2D eigenvalue weighted by atomic mass is 10.3. The molecule has 16 heavy (non-hydrogen) atoms. The molecule has 1 fully saturated rings. The summed E-state index contributed by atoms with van der Waals surface area (Å²) >= 11 is 0. The second-order valence-corrected chi connectivity index (χ2v) is 6.12. The maximum absolute atomic E-state index is 11.7. The van der Waals surface area contributed by atoms with E-state index in [0.29, 0.717) is 13.2 Å². The third kappa shape index (κ3) is 3.73. The summed E-state index contributed by atoms with van der Waals surface area (Å²) in [7, 11) is -2.98. The van der Waals surface area contributed by atoms with Crippen molar-refractivity contribution in [3.63, 3.8) is 0 Å². The maximum Gasteiger partial charge on any atom is 0.248 e. The van der Waals surface area contributed by atoms with E-state index < -0.39 is 9.84 Å². The van der Waals surface area contributed by atoms with E-state index in [9.17, 15) is 13.2 Å². The van der Waals surface area contributed by atoms with Gasteiger partial charge >= 0.3 is 0 Å². The van der Waals surface area contributed by atoms with E-state index in [4.69, 9.17) is 10.5 Å². The van der Waals surface area contributed by atoms with Gasteiger partial charge in [-0.15, -0.1) is 0 Å². The van der Waals surface area contributed by atoms with Crippen molar-refractivity contribution in [2.45, 2.75) is 13.0 Å². The zero-order valence-electron chi connectivity index (χ0n) is 9.39. The number of hydrogen-bond acceptors (Lipinski definition) is 5. The third-order valence-electron chi connectivity index (χ3n) is 2.48. The average Bonchev–Trinajstić information content (AvgIpc) is 2.16. The predicted octanol–water partition coefficient (Wildman–Crippen LogP) is -1.39. The van der Waals surface area contributed by atoms with Crippen LogP contribution >= 0.6 is 0 Å². The normalized spacial score (nSPS) is 24.4. The van der Waals surface area contributed by atoms with Gasteiger partial charge in [-0.05, 0) is 6.92 Å². The Morgan fingerprint density at radius 2 is 2.25 bits per heavy atom. The molecule has 1 aliphatic heterocycles. The summed E-state index contributed by atoms with van der Waals surface area (Å²) in [6, 6.07) is -0.271. The minimum atomic E-state index is -2.98. The number of rotatable bonds is 4. The van der Waals surface area contributed by atoms with Crippen LogP contribution in [0.3, 0.4) is 0 Å². The van der Waals surface area contributed by atoms with Crippen molar-refractivity contribution < 1.29 is 17.9 Å². The molecule has 1 rings (SSSR count). The molecule has 0 bridgehead atoms. The Morgan fingerprint density at radius 3 is 2.81 bits per heavy atom. The molecule has 1 saturated heterocycles. The number of ether oxygens (including phenoxy) is 1. The highest BCUT2D eigenvalue weighted by molar-refractivity contribution is 7.91. The van der Waals surface area contributed by atoms with Gasteiger partial charge in [0.05, 0.1) is 18.1 Å². The van der Waals surface area contributed by atoms with Crippen molar-refractivity contribution in [2.75, 3.05) is 37.8 Å². The number of hydrogen-bond donors (Lipinski definition) is 1. The molecule has 0 saturated carbocycles. The highest BCUT2D eigenvalue weighted by Gasteiger charge is 2.30. The van der Waals surface area contributed by atoms with Crippen molar-refractivity contribution >= 4 is 15.7 Å². The lowest BCUT2D eigenvalue weighted by Crippen LogP contribution is -2.50. The number of carbonyl (C=O) groups is 1. The van der Waals surface area contributed by atoms with Gasteiger partial charge < -0.3 is 15.4 Å². The van der Waals surface area contributed by atoms with Crippen LogP contribution in [0.1, 0.15) is 6.92 Å². The fourth-order valence-electron chi connectivity index (χ4n) is 1.69. The first-order valence-electron chi connectivity index (χ1n) is 5.24. The van der Waals surface area contributed by atoms with Crippen molar-refractivity contribution in [1.29, 1.82) is 0 Å². The smallest absolute Gasteiger partial charge is 0.248 e. The van der Waals surface area contributed by atoms with Crippen molar-refractivity contribution in [3.05, 3.63) is 0 Å². The summed E-state index contributed by atoms with van der Waals surface area (Å²) in [6.45, 7) is 2.68. The third-order valence-corrected chi connectivity index (χ3v) is 4.27. The zero-order valence-corrected chi connectivity index (χ0v) is 10.2. The van der Waals surface area contributed by atoms with Crippen molar-refractivity contribution in [3.8, 4) is 0 Å². The molecule has 1 unspecified atom stereocenters. The molecule has 1 heterocycles. The fraction of sp³-hybridized carbons (Fsp3) is 0.889. The van der Waals surface area contributed by atoms with E-state index in [1.54, 1.807) is 11.8 Å². The minimum absolute atomic E-state index is 0.0262. The Morgan fingerprint density at radius 1 is 1.56 bits per heavy atom. The van der Waals surface area contributed by atoms with Crippen LogP contribution in [0.5, 0.6) is 0 Å². The number of sulfone groups is 1. The van der Waals surface area contributed by atoms with Crippen LogP contribution in [-0.4, -0.2) is 63.1 Å². The molecule has 94 valence electrons. The van der Waals surface area contributed by atoms with E-state index in [0.717, 1.165) is 0 Å². The molecule has 0 aromatic rings. The van der Waals surface area contributed by atoms with Crippen LogP contribution in [0.2, 0.25) is 0 Å². The Hall–Kier alpha value is -0.660. The van der Waals surface area contributed by atoms with Gasteiger partial charge in [-0.3, -0.25) is 4.79 Å². The summed E-state index contributed by atoms with van der Waals surface area (Å²) in [4.78, 5) is 13.2. The predicted molar refractivity (Wildman–Crippen MR) is 59.7 cm³/mol. The first-order valence-corrected chi connectivity index (χ1v) is 7.06. The van der Waals surface area contributed by atoms with Gasteiger partial charge in [-0.2, -0.15) is 0 Å². The minimum Gasteiger partial charge on any atom is -0.370 e. The molecule has 0 aromatic carbocycles. The molecule has 1 aliphatic rings. The summed E-state index contributed by atoms with van der Waals surface area (Å²) in [5.41, 5.74) is 5.23. The summed E-state index contributed by atoms with van der Waals surface area (Å²) < 4.78 is 27.6. The van der Waals surface area contributed by atoms with Crippen LogP contribution in [0.25, 0.3) is 0 Å². The average molecular weight is 250 g/mol. The van der Waals surface area contributed by atoms with Crippen LogP contribution in [0.4, 0.5) is 0 Å². The first kappa shape index (κ1) is 13.4. The Kier molecular flexibility index (Phi) is 4.69. The quantitative estimate of drug-likeness (QED) is 0.620. The van der Waals surface area contributed by atoms with Gasteiger partial charge in [0.2, 0.25) is 5.91 Å². The number of carbonyl (C=O) groups excluding carboxylic acids is 1. The van der Waals surface area contributed by atoms with Gasteiger partial charge in [0.15, 0.2) is 9.84 Å². The van der Waals surface area contributed by atoms with Gasteiger partial charge in [0.25, 0.3) is 0 Å². The zero-order chi connectivity index (χ0) is 12.2. The van der Waals surface area contributed by atoms with Crippen LogP contribution in [0.15, 0.2) is 0 Å². The summed E-state index contributed by atoms with van der Waals surface area (Å²) in [6.07, 6.45) is 0. The summed E-state index contributed by atoms with van der Waals surface area (Å²) in [5.74, 6) is -0.0915. The van der Waals surface area contributed by atoms with Gasteiger partial charge in [-0.25, -0.2) is 8.42 Å². The standard InChI is InChI=1S/C9H18N2O4S/c1-8-7-16(13,14)5-3-11(8)9(12)6-15-4-2-10/h8H,2-7,10H2,1H3. The highest BCUT2D eigenvalue weighted by Crippen LogP contribution is 2.11. The van der Waals surface area contributed by atoms with E-state index in [1.165, 1.54) is 0 Å². The Labute approximate surface area is 95.7 Å². The van der Waals surface area contributed by atoms with E-state index in [-0.39, 0.29) is 36.6 Å². The highest BCUT2D eigenvalue weighted by atomic mass is 32.2. The molecule has 1 amide bonds. The Balaban J connectivity index is 2.46. The summed E-state index contributed by atoms with van der Waals surface area (Å²) in [5, 5.41) is 0. The Bertz CT molecular complexity index is 341. The fourth-order valence-corrected chi connectivity index (χ4v) is 3.25. The molecular formula is C9H18N2O4S. The van der Waals surface area contributed by atoms with E-state index in [2.05, 4.69) is 0 Å². The lowest BCUT2D eigenvalue weighted by molar-refractivity contribution is -0.137. The molecular weight excluding hydrogens is 232 g/mol. The van der Waals surface area contributed by atoms with Gasteiger partial charge in [0.1, 0.15) is 6.61 Å². The maximum atomic E-state index is 11.7. The monoisotopic (exact) mass is 250 g/mol. The molecule has 0 aromatic heterocycles. The number of amides is 1. The van der Waals surface area contributed by atoms with Crippen molar-refractivity contribution in [2.24, 2.45) is 5.73 Å². The van der Waals surface area contributed by atoms with Crippen LogP contribution < -0.4 is 5.73 Å². The van der Waals surface area contributed by atoms with Gasteiger partial charge in [-0.1, -0.05) is 0 Å². The number of nitrogens with zero attached hydrogens (tertiary/aromatic N) is 1. The SMILES string of the molecule is CC1CS(=O)(=O)CCN1C(=O)COCCN. The molecule has 7 heteroatoms. The molecule has 0 aliphatic carbocycles. The molecule has 1 atom stereocenters. The van der Waals surface area contributed by atoms with Crippen LogP contribution in [-0.2, 0) is 19.4 Å². The van der Waals surface area contributed by atoms with E-state index >= 15 is 0 Å². The second kappa shape index (κ2) is 5.60. The molecule has 0 radical (unpaired) electrons. The first-order chi connectivity index (χ1) is 7.46. The largest absolute Gasteiger partial charge is 0.370 e. The number of nitrogens with two attached hydrogens (primary N) is 1.